The molecule has 0 aromatic heterocycles. The highest BCUT2D eigenvalue weighted by molar-refractivity contribution is 6.30. The Kier molecular flexibility index (Phi) is 4.59. The SMILES string of the molecule is [2H]c1cc2c(c([2H])c1CCC(=O)C(F)(F)c1ccc(Cl)cc1)C([2H])([2H])N(C1CCC(=O)NC1=O)C2=O. The van der Waals surface area contributed by atoms with Crippen molar-refractivity contribution < 1.29 is 33.4 Å². The number of benzene rings is 2. The Bertz CT molecular complexity index is 1300. The molecule has 166 valence electrons. The molecular weight excluding hydrogens is 442 g/mol. The van der Waals surface area contributed by atoms with Gasteiger partial charge in [0.15, 0.2) is 0 Å². The lowest BCUT2D eigenvalue weighted by molar-refractivity contribution is -0.144. The molecule has 0 radical (unpaired) electrons. The predicted molar refractivity (Wildman–Crippen MR) is 111 cm³/mol. The van der Waals surface area contributed by atoms with E-state index in [0.717, 1.165) is 18.2 Å². The van der Waals surface area contributed by atoms with Crippen molar-refractivity contribution in [2.45, 2.75) is 44.1 Å². The highest BCUT2D eigenvalue weighted by Crippen LogP contribution is 2.32. The van der Waals surface area contributed by atoms with Gasteiger partial charge in [-0.1, -0.05) is 35.8 Å². The molecule has 2 aromatic rings. The number of carbonyl (C=O) groups excluding carboxylic acids is 4. The molecule has 0 saturated carbocycles. The third-order valence-corrected chi connectivity index (χ3v) is 5.55. The largest absolute Gasteiger partial charge is 0.330 e. The monoisotopic (exact) mass is 464 g/mol. The summed E-state index contributed by atoms with van der Waals surface area (Å²) >= 11 is 5.70. The number of nitrogens with one attached hydrogen (secondary N) is 1. The van der Waals surface area contributed by atoms with E-state index in [1.54, 1.807) is 0 Å². The average molecular weight is 465 g/mol. The summed E-state index contributed by atoms with van der Waals surface area (Å²) in [7, 11) is 0. The predicted octanol–water partition coefficient (Wildman–Crippen LogP) is 3.39. The molecule has 4 rings (SSSR count). The highest BCUT2D eigenvalue weighted by atomic mass is 35.5. The molecule has 9 heteroatoms. The Morgan fingerprint density at radius 2 is 1.97 bits per heavy atom. The Morgan fingerprint density at radius 3 is 2.66 bits per heavy atom. The van der Waals surface area contributed by atoms with Crippen LogP contribution in [0.25, 0.3) is 0 Å². The van der Waals surface area contributed by atoms with Gasteiger partial charge in [0.05, 0.1) is 5.48 Å². The van der Waals surface area contributed by atoms with E-state index in [1.165, 1.54) is 12.1 Å². The first-order valence-corrected chi connectivity index (χ1v) is 10.1. The van der Waals surface area contributed by atoms with E-state index in [0.29, 0.717) is 4.90 Å². The van der Waals surface area contributed by atoms with Gasteiger partial charge in [-0.25, -0.2) is 0 Å². The minimum atomic E-state index is -3.85. The van der Waals surface area contributed by atoms with Crippen molar-refractivity contribution in [2.75, 3.05) is 0 Å². The number of carbonyl (C=O) groups is 4. The molecular formula is C23H19ClF2N2O4. The molecule has 2 aliphatic rings. The number of halogens is 3. The molecule has 0 spiro atoms. The zero-order valence-electron chi connectivity index (χ0n) is 20.5. The van der Waals surface area contributed by atoms with Crippen LogP contribution in [-0.2, 0) is 33.2 Å². The zero-order chi connectivity index (χ0) is 26.6. The molecule has 1 saturated heterocycles. The van der Waals surface area contributed by atoms with E-state index < -0.39 is 78.0 Å². The topological polar surface area (TPSA) is 83.6 Å². The molecule has 1 unspecified atom stereocenters. The van der Waals surface area contributed by atoms with Gasteiger partial charge >= 0.3 is 5.92 Å². The highest BCUT2D eigenvalue weighted by Gasteiger charge is 2.41. The number of nitrogens with zero attached hydrogens (tertiary/aromatic N) is 1. The Hall–Kier alpha value is -3.13. The second kappa shape index (κ2) is 8.43. The van der Waals surface area contributed by atoms with E-state index in [-0.39, 0.29) is 29.0 Å². The number of ketones is 1. The molecule has 2 aromatic carbocycles. The van der Waals surface area contributed by atoms with E-state index >= 15 is 0 Å². The van der Waals surface area contributed by atoms with Gasteiger partial charge in [-0.2, -0.15) is 8.78 Å². The second-order valence-electron chi connectivity index (χ2n) is 7.44. The number of hydrogen-bond donors (Lipinski definition) is 1. The van der Waals surface area contributed by atoms with Crippen LogP contribution in [0, 0.1) is 0 Å². The summed E-state index contributed by atoms with van der Waals surface area (Å²) in [5.74, 6) is -7.65. The number of piperidine rings is 1. The quantitative estimate of drug-likeness (QED) is 0.664. The van der Waals surface area contributed by atoms with Gasteiger partial charge in [0.1, 0.15) is 6.04 Å². The van der Waals surface area contributed by atoms with Crippen LogP contribution in [0.1, 0.15) is 51.8 Å². The maximum Gasteiger partial charge on any atom is 0.330 e. The summed E-state index contributed by atoms with van der Waals surface area (Å²) in [5.41, 5.74) is -1.47. The summed E-state index contributed by atoms with van der Waals surface area (Å²) in [6.45, 7) is -2.65. The fraction of sp³-hybridized carbons (Fsp3) is 0.304. The molecule has 6 nitrogen and oxygen atoms in total. The molecule has 2 heterocycles. The lowest BCUT2D eigenvalue weighted by atomic mass is 9.97. The van der Waals surface area contributed by atoms with Crippen molar-refractivity contribution in [1.29, 1.82) is 0 Å². The third kappa shape index (κ3) is 4.14. The summed E-state index contributed by atoms with van der Waals surface area (Å²) < 4.78 is 63.0. The van der Waals surface area contributed by atoms with Gasteiger partial charge in [-0.05, 0) is 42.2 Å². The number of amides is 3. The van der Waals surface area contributed by atoms with Crippen LogP contribution in [0.4, 0.5) is 8.78 Å². The van der Waals surface area contributed by atoms with Crippen LogP contribution in [0.3, 0.4) is 0 Å². The Morgan fingerprint density at radius 1 is 1.25 bits per heavy atom. The van der Waals surface area contributed by atoms with Crippen LogP contribution >= 0.6 is 11.6 Å². The summed E-state index contributed by atoms with van der Waals surface area (Å²) in [4.78, 5) is 49.8. The molecule has 1 fully saturated rings. The maximum atomic E-state index is 14.6. The Labute approximate surface area is 193 Å². The minimum absolute atomic E-state index is 0.112. The number of Topliss-reactive ketones (excluding diaryl/α,β-unsaturated/α-hetero) is 1. The van der Waals surface area contributed by atoms with E-state index in [1.807, 2.05) is 0 Å². The van der Waals surface area contributed by atoms with E-state index in [4.69, 9.17) is 17.1 Å². The minimum Gasteiger partial charge on any atom is -0.322 e. The lowest BCUT2D eigenvalue weighted by Crippen LogP contribution is -2.52. The van der Waals surface area contributed by atoms with Gasteiger partial charge in [0.2, 0.25) is 17.6 Å². The average Bonchev–Trinajstić information content (AvgIpc) is 2.99. The number of imide groups is 1. The van der Waals surface area contributed by atoms with Gasteiger partial charge < -0.3 is 4.90 Å². The van der Waals surface area contributed by atoms with Crippen LogP contribution in [-0.4, -0.2) is 34.4 Å². The molecule has 2 aliphatic heterocycles. The van der Waals surface area contributed by atoms with E-state index in [9.17, 15) is 28.0 Å². The third-order valence-electron chi connectivity index (χ3n) is 5.30. The van der Waals surface area contributed by atoms with Crippen molar-refractivity contribution in [3.63, 3.8) is 0 Å². The van der Waals surface area contributed by atoms with E-state index in [2.05, 4.69) is 5.32 Å². The molecule has 1 atom stereocenters. The fourth-order valence-electron chi connectivity index (χ4n) is 3.54. The normalized spacial score (nSPS) is 21.9. The van der Waals surface area contributed by atoms with Crippen LogP contribution in [0.15, 0.2) is 42.4 Å². The molecule has 3 amide bonds. The van der Waals surface area contributed by atoms with Crippen LogP contribution in [0.2, 0.25) is 5.02 Å². The maximum absolute atomic E-state index is 14.6. The fourth-order valence-corrected chi connectivity index (χ4v) is 3.67. The van der Waals surface area contributed by atoms with Crippen molar-refractivity contribution in [3.8, 4) is 0 Å². The zero-order valence-corrected chi connectivity index (χ0v) is 17.3. The van der Waals surface area contributed by atoms with Gasteiger partial charge in [0.25, 0.3) is 5.91 Å². The molecule has 0 bridgehead atoms. The molecule has 1 N–H and O–H groups in total. The van der Waals surface area contributed by atoms with Crippen LogP contribution in [0.5, 0.6) is 0 Å². The van der Waals surface area contributed by atoms with Gasteiger partial charge in [0, 0.05) is 35.5 Å². The first kappa shape index (κ1) is 17.4. The lowest BCUT2D eigenvalue weighted by Gasteiger charge is -2.29. The summed E-state index contributed by atoms with van der Waals surface area (Å²) in [5, 5.41) is 2.27. The molecule has 32 heavy (non-hydrogen) atoms. The number of hydrogen-bond acceptors (Lipinski definition) is 4. The van der Waals surface area contributed by atoms with Crippen molar-refractivity contribution in [2.24, 2.45) is 0 Å². The van der Waals surface area contributed by atoms with Crippen LogP contribution < -0.4 is 5.32 Å². The standard InChI is InChI=1S/C23H19ClF2N2O4/c24-16-5-3-15(4-6-16)23(25,26)19(29)9-2-13-1-7-17-14(11-13)12-28(22(17)32)18-8-10-20(30)27-21(18)31/h1,3-7,11,18H,2,8-10,12H2,(H,27,30,31)/i1D,11D,12D2. The Balaban J connectivity index is 1.62. The van der Waals surface area contributed by atoms with Crippen molar-refractivity contribution in [1.82, 2.24) is 10.2 Å². The van der Waals surface area contributed by atoms with Gasteiger partial charge in [-0.15, -0.1) is 0 Å². The summed E-state index contributed by atoms with van der Waals surface area (Å²) in [6, 6.07) is 3.21. The smallest absolute Gasteiger partial charge is 0.322 e. The number of alkyl halides is 2. The summed E-state index contributed by atoms with van der Waals surface area (Å²) in [6.07, 6.45) is -1.44. The first-order chi connectivity index (χ1) is 16.8. The number of rotatable bonds is 6. The van der Waals surface area contributed by atoms with Gasteiger partial charge in [-0.3, -0.25) is 24.5 Å². The second-order valence-corrected chi connectivity index (χ2v) is 7.88. The molecule has 0 aliphatic carbocycles. The first-order valence-electron chi connectivity index (χ1n) is 11.7. The van der Waals surface area contributed by atoms with Crippen molar-refractivity contribution >= 4 is 35.1 Å². The number of fused-ring (bicyclic) bond motifs is 1. The van der Waals surface area contributed by atoms with Crippen molar-refractivity contribution in [3.05, 3.63) is 69.7 Å².